The molecular weight excluding hydrogens is 452 g/mol. The van der Waals surface area contributed by atoms with Gasteiger partial charge >= 0.3 is 0 Å². The van der Waals surface area contributed by atoms with Gasteiger partial charge in [-0.1, -0.05) is 72.8 Å². The third kappa shape index (κ3) is 7.21. The van der Waals surface area contributed by atoms with Crippen LogP contribution in [0.15, 0.2) is 108 Å². The second kappa shape index (κ2) is 12.8. The Hall–Kier alpha value is -4.58. The minimum absolute atomic E-state index is 0.140. The van der Waals surface area contributed by atoms with E-state index in [4.69, 9.17) is 14.2 Å². The summed E-state index contributed by atoms with van der Waals surface area (Å²) in [6, 6.07) is 33.1. The molecule has 0 aromatic heterocycles. The molecule has 0 unspecified atom stereocenters. The SMILES string of the molecule is CCOc1cc(/C=N/NC(=O)COc2ccc(-c3ccccc3)cc2)ccc1OCc1ccccc1. The van der Waals surface area contributed by atoms with Gasteiger partial charge in [0.25, 0.3) is 5.91 Å². The van der Waals surface area contributed by atoms with Crippen molar-refractivity contribution in [1.29, 1.82) is 0 Å². The second-order valence-corrected chi connectivity index (χ2v) is 7.89. The van der Waals surface area contributed by atoms with Gasteiger partial charge in [-0.05, 0) is 59.5 Å². The molecule has 0 saturated carbocycles. The van der Waals surface area contributed by atoms with Gasteiger partial charge in [0.05, 0.1) is 12.8 Å². The average molecular weight is 481 g/mol. The Balaban J connectivity index is 1.27. The quantitative estimate of drug-likeness (QED) is 0.216. The van der Waals surface area contributed by atoms with Crippen molar-refractivity contribution in [3.63, 3.8) is 0 Å². The van der Waals surface area contributed by atoms with Crippen molar-refractivity contribution >= 4 is 12.1 Å². The molecule has 0 aliphatic carbocycles. The Kier molecular flexibility index (Phi) is 8.70. The van der Waals surface area contributed by atoms with E-state index in [1.165, 1.54) is 0 Å². The third-order valence-electron chi connectivity index (χ3n) is 5.24. The first-order valence-corrected chi connectivity index (χ1v) is 11.7. The van der Waals surface area contributed by atoms with Crippen LogP contribution >= 0.6 is 0 Å². The van der Waals surface area contributed by atoms with Gasteiger partial charge in [-0.3, -0.25) is 4.79 Å². The van der Waals surface area contributed by atoms with E-state index in [0.717, 1.165) is 22.3 Å². The predicted octanol–water partition coefficient (Wildman–Crippen LogP) is 5.86. The molecule has 0 bridgehead atoms. The van der Waals surface area contributed by atoms with E-state index in [1.807, 2.05) is 110 Å². The zero-order valence-electron chi connectivity index (χ0n) is 20.1. The maximum atomic E-state index is 12.1. The summed E-state index contributed by atoms with van der Waals surface area (Å²) in [5.41, 5.74) is 6.53. The number of amides is 1. The van der Waals surface area contributed by atoms with Crippen LogP contribution in [0.2, 0.25) is 0 Å². The maximum absolute atomic E-state index is 12.1. The Morgan fingerprint density at radius 2 is 1.47 bits per heavy atom. The fraction of sp³-hybridized carbons (Fsp3) is 0.133. The van der Waals surface area contributed by atoms with Crippen molar-refractivity contribution in [2.45, 2.75) is 13.5 Å². The maximum Gasteiger partial charge on any atom is 0.277 e. The lowest BCUT2D eigenvalue weighted by molar-refractivity contribution is -0.123. The normalized spacial score (nSPS) is 10.7. The molecule has 4 aromatic carbocycles. The van der Waals surface area contributed by atoms with Crippen LogP contribution in [0.25, 0.3) is 11.1 Å². The molecule has 36 heavy (non-hydrogen) atoms. The number of carbonyl (C=O) groups is 1. The van der Waals surface area contributed by atoms with Crippen LogP contribution in [0.1, 0.15) is 18.1 Å². The second-order valence-electron chi connectivity index (χ2n) is 7.89. The number of ether oxygens (including phenoxy) is 3. The van der Waals surface area contributed by atoms with Gasteiger partial charge in [0.2, 0.25) is 0 Å². The van der Waals surface area contributed by atoms with E-state index in [1.54, 1.807) is 6.21 Å². The molecule has 0 heterocycles. The summed E-state index contributed by atoms with van der Waals surface area (Å²) in [6.07, 6.45) is 1.55. The standard InChI is InChI=1S/C30H28N2O4/c1-2-34-29-19-24(13-18-28(29)36-21-23-9-5-3-6-10-23)20-31-32-30(33)22-35-27-16-14-26(15-17-27)25-11-7-4-8-12-25/h3-20H,2,21-22H2,1H3,(H,32,33)/b31-20+. The van der Waals surface area contributed by atoms with Crippen molar-refractivity contribution < 1.29 is 19.0 Å². The van der Waals surface area contributed by atoms with E-state index < -0.39 is 0 Å². The van der Waals surface area contributed by atoms with Crippen molar-refractivity contribution in [1.82, 2.24) is 5.43 Å². The first-order valence-electron chi connectivity index (χ1n) is 11.7. The van der Waals surface area contributed by atoms with E-state index in [9.17, 15) is 4.79 Å². The van der Waals surface area contributed by atoms with Crippen molar-refractivity contribution in [2.75, 3.05) is 13.2 Å². The Morgan fingerprint density at radius 3 is 2.19 bits per heavy atom. The molecule has 1 amide bonds. The lowest BCUT2D eigenvalue weighted by Gasteiger charge is -2.12. The van der Waals surface area contributed by atoms with Crippen molar-refractivity contribution in [2.24, 2.45) is 5.10 Å². The molecule has 6 nitrogen and oxygen atoms in total. The number of hydrazone groups is 1. The Morgan fingerprint density at radius 1 is 0.778 bits per heavy atom. The van der Waals surface area contributed by atoms with E-state index in [0.29, 0.717) is 30.5 Å². The number of nitrogens with one attached hydrogen (secondary N) is 1. The molecule has 0 aliphatic heterocycles. The van der Waals surface area contributed by atoms with Gasteiger partial charge in [0, 0.05) is 0 Å². The van der Waals surface area contributed by atoms with Gasteiger partial charge in [0.15, 0.2) is 18.1 Å². The van der Waals surface area contributed by atoms with Crippen LogP contribution in [0.3, 0.4) is 0 Å². The van der Waals surface area contributed by atoms with Crippen LogP contribution in [0.4, 0.5) is 0 Å². The van der Waals surface area contributed by atoms with E-state index in [2.05, 4.69) is 10.5 Å². The number of rotatable bonds is 11. The molecule has 4 rings (SSSR count). The molecule has 0 fully saturated rings. The molecule has 4 aromatic rings. The van der Waals surface area contributed by atoms with Crippen LogP contribution < -0.4 is 19.6 Å². The zero-order chi connectivity index (χ0) is 25.0. The summed E-state index contributed by atoms with van der Waals surface area (Å²) in [6.45, 7) is 2.72. The van der Waals surface area contributed by atoms with Crippen LogP contribution in [-0.4, -0.2) is 25.3 Å². The first kappa shape index (κ1) is 24.5. The van der Waals surface area contributed by atoms with Crippen LogP contribution in [-0.2, 0) is 11.4 Å². The average Bonchev–Trinajstić information content (AvgIpc) is 2.93. The largest absolute Gasteiger partial charge is 0.490 e. The highest BCUT2D eigenvalue weighted by Gasteiger charge is 2.07. The highest BCUT2D eigenvalue weighted by Crippen LogP contribution is 2.29. The summed E-state index contributed by atoms with van der Waals surface area (Å²) >= 11 is 0. The Bertz CT molecular complexity index is 1270. The number of carbonyl (C=O) groups excluding carboxylic acids is 1. The fourth-order valence-corrected chi connectivity index (χ4v) is 3.46. The molecule has 6 heteroatoms. The molecule has 0 aliphatic rings. The van der Waals surface area contributed by atoms with Crippen LogP contribution in [0, 0.1) is 0 Å². The van der Waals surface area contributed by atoms with Gasteiger partial charge < -0.3 is 14.2 Å². The first-order chi connectivity index (χ1) is 17.7. The minimum atomic E-state index is -0.355. The predicted molar refractivity (Wildman–Crippen MR) is 141 cm³/mol. The Labute approximate surface area is 211 Å². The summed E-state index contributed by atoms with van der Waals surface area (Å²) in [4.78, 5) is 12.1. The molecule has 0 radical (unpaired) electrons. The number of nitrogens with zero attached hydrogens (tertiary/aromatic N) is 1. The van der Waals surface area contributed by atoms with Gasteiger partial charge in [-0.2, -0.15) is 5.10 Å². The van der Waals surface area contributed by atoms with Crippen molar-refractivity contribution in [3.8, 4) is 28.4 Å². The lowest BCUT2D eigenvalue weighted by atomic mass is 10.1. The highest BCUT2D eigenvalue weighted by atomic mass is 16.5. The molecule has 1 N–H and O–H groups in total. The van der Waals surface area contributed by atoms with E-state index >= 15 is 0 Å². The molecule has 0 atom stereocenters. The van der Waals surface area contributed by atoms with Gasteiger partial charge in [-0.25, -0.2) is 5.43 Å². The molecule has 182 valence electrons. The van der Waals surface area contributed by atoms with Gasteiger partial charge in [-0.15, -0.1) is 0 Å². The fourth-order valence-electron chi connectivity index (χ4n) is 3.46. The summed E-state index contributed by atoms with van der Waals surface area (Å²) < 4.78 is 17.2. The summed E-state index contributed by atoms with van der Waals surface area (Å²) in [5.74, 6) is 1.52. The smallest absolute Gasteiger partial charge is 0.277 e. The van der Waals surface area contributed by atoms with Crippen molar-refractivity contribution in [3.05, 3.63) is 114 Å². The molecule has 0 saturated heterocycles. The third-order valence-corrected chi connectivity index (χ3v) is 5.24. The van der Waals surface area contributed by atoms with Crippen LogP contribution in [0.5, 0.6) is 17.2 Å². The topological polar surface area (TPSA) is 69.2 Å². The lowest BCUT2D eigenvalue weighted by Crippen LogP contribution is -2.24. The summed E-state index contributed by atoms with van der Waals surface area (Å²) in [5, 5.41) is 4.03. The number of benzene rings is 4. The van der Waals surface area contributed by atoms with Gasteiger partial charge in [0.1, 0.15) is 12.4 Å². The highest BCUT2D eigenvalue weighted by molar-refractivity contribution is 5.83. The number of hydrogen-bond donors (Lipinski definition) is 1. The zero-order valence-corrected chi connectivity index (χ0v) is 20.1. The monoisotopic (exact) mass is 480 g/mol. The van der Waals surface area contributed by atoms with E-state index in [-0.39, 0.29) is 12.5 Å². The minimum Gasteiger partial charge on any atom is -0.490 e. The summed E-state index contributed by atoms with van der Waals surface area (Å²) in [7, 11) is 0. The molecule has 0 spiro atoms. The molecular formula is C30H28N2O4. The number of hydrogen-bond acceptors (Lipinski definition) is 5.